The average Bonchev–Trinajstić information content (AvgIpc) is 2.75. The normalized spacial score (nSPS) is 24.0. The molecule has 1 saturated heterocycles. The minimum absolute atomic E-state index is 0.0814. The second-order valence-electron chi connectivity index (χ2n) is 3.89. The van der Waals surface area contributed by atoms with Crippen molar-refractivity contribution in [2.75, 3.05) is 11.5 Å². The topological polar surface area (TPSA) is 38.9 Å². The molecule has 1 aliphatic heterocycles. The van der Waals surface area contributed by atoms with Gasteiger partial charge in [-0.2, -0.15) is 11.8 Å². The third-order valence-corrected chi connectivity index (χ3v) is 4.64. The van der Waals surface area contributed by atoms with Gasteiger partial charge in [0.15, 0.2) is 0 Å². The minimum Gasteiger partial charge on any atom is -0.323 e. The molecule has 2 nitrogen and oxygen atoms in total. The Morgan fingerprint density at radius 3 is 3.14 bits per heavy atom. The first-order valence-electron chi connectivity index (χ1n) is 5.03. The first kappa shape index (κ1) is 10.5. The van der Waals surface area contributed by atoms with E-state index in [-0.39, 0.29) is 6.04 Å². The van der Waals surface area contributed by atoms with E-state index < -0.39 is 0 Å². The Labute approximate surface area is 93.3 Å². The van der Waals surface area contributed by atoms with Crippen molar-refractivity contribution in [3.05, 3.63) is 16.1 Å². The summed E-state index contributed by atoms with van der Waals surface area (Å²) in [7, 11) is 0. The van der Waals surface area contributed by atoms with Crippen LogP contribution in [0.25, 0.3) is 0 Å². The van der Waals surface area contributed by atoms with Gasteiger partial charge in [-0.05, 0) is 30.8 Å². The SMILES string of the molecule is CC(N)c1csc(CC2CCSC2)n1. The Morgan fingerprint density at radius 2 is 2.57 bits per heavy atom. The maximum atomic E-state index is 5.78. The second kappa shape index (κ2) is 4.64. The van der Waals surface area contributed by atoms with Crippen LogP contribution in [0.1, 0.15) is 30.1 Å². The Balaban J connectivity index is 1.95. The summed E-state index contributed by atoms with van der Waals surface area (Å²) in [5.41, 5.74) is 6.83. The van der Waals surface area contributed by atoms with E-state index in [0.29, 0.717) is 0 Å². The lowest BCUT2D eigenvalue weighted by molar-refractivity contribution is 0.591. The van der Waals surface area contributed by atoms with Crippen LogP contribution in [0, 0.1) is 5.92 Å². The molecule has 1 fully saturated rings. The second-order valence-corrected chi connectivity index (χ2v) is 5.98. The van der Waals surface area contributed by atoms with Crippen LogP contribution < -0.4 is 5.73 Å². The van der Waals surface area contributed by atoms with Gasteiger partial charge in [0, 0.05) is 17.8 Å². The number of nitrogens with two attached hydrogens (primary N) is 1. The fourth-order valence-electron chi connectivity index (χ4n) is 1.62. The van der Waals surface area contributed by atoms with E-state index in [0.717, 1.165) is 18.0 Å². The summed E-state index contributed by atoms with van der Waals surface area (Å²) in [5, 5.41) is 3.37. The van der Waals surface area contributed by atoms with Crippen LogP contribution in [0.5, 0.6) is 0 Å². The molecule has 78 valence electrons. The van der Waals surface area contributed by atoms with Gasteiger partial charge in [-0.25, -0.2) is 4.98 Å². The maximum absolute atomic E-state index is 5.78. The van der Waals surface area contributed by atoms with Crippen molar-refractivity contribution < 1.29 is 0 Å². The van der Waals surface area contributed by atoms with Gasteiger partial charge in [0.05, 0.1) is 10.7 Å². The highest BCUT2D eigenvalue weighted by Gasteiger charge is 2.17. The maximum Gasteiger partial charge on any atom is 0.0932 e. The Bertz CT molecular complexity index is 290. The average molecular weight is 228 g/mol. The Kier molecular flexibility index (Phi) is 3.47. The molecule has 2 heterocycles. The summed E-state index contributed by atoms with van der Waals surface area (Å²) in [5.74, 6) is 3.50. The molecular weight excluding hydrogens is 212 g/mol. The lowest BCUT2D eigenvalue weighted by atomic mass is 10.1. The molecule has 4 heteroatoms. The first-order valence-corrected chi connectivity index (χ1v) is 7.07. The quantitative estimate of drug-likeness (QED) is 0.863. The van der Waals surface area contributed by atoms with E-state index in [4.69, 9.17) is 5.73 Å². The predicted molar refractivity (Wildman–Crippen MR) is 63.9 cm³/mol. The van der Waals surface area contributed by atoms with Crippen molar-refractivity contribution >= 4 is 23.1 Å². The van der Waals surface area contributed by atoms with E-state index in [1.54, 1.807) is 11.3 Å². The number of hydrogen-bond donors (Lipinski definition) is 1. The molecule has 1 aromatic rings. The molecule has 0 saturated carbocycles. The zero-order valence-corrected chi connectivity index (χ0v) is 10.0. The summed E-state index contributed by atoms with van der Waals surface area (Å²) in [6.45, 7) is 1.99. The van der Waals surface area contributed by atoms with Gasteiger partial charge in [0.25, 0.3) is 0 Å². The Morgan fingerprint density at radius 1 is 1.71 bits per heavy atom. The van der Waals surface area contributed by atoms with E-state index in [1.165, 1.54) is 22.9 Å². The number of nitrogens with zero attached hydrogens (tertiary/aromatic N) is 1. The van der Waals surface area contributed by atoms with Crippen LogP contribution in [0.15, 0.2) is 5.38 Å². The van der Waals surface area contributed by atoms with Gasteiger partial charge in [0.2, 0.25) is 0 Å². The van der Waals surface area contributed by atoms with Crippen molar-refractivity contribution in [3.8, 4) is 0 Å². The standard InChI is InChI=1S/C10H16N2S2/c1-7(11)9-6-14-10(12-9)4-8-2-3-13-5-8/h6-8H,2-5,11H2,1H3. The monoisotopic (exact) mass is 228 g/mol. The summed E-state index contributed by atoms with van der Waals surface area (Å²) in [4.78, 5) is 4.56. The molecule has 1 aromatic heterocycles. The fraction of sp³-hybridized carbons (Fsp3) is 0.700. The fourth-order valence-corrected chi connectivity index (χ4v) is 3.92. The number of aromatic nitrogens is 1. The molecule has 2 atom stereocenters. The molecule has 0 amide bonds. The molecule has 0 aromatic carbocycles. The molecular formula is C10H16N2S2. The van der Waals surface area contributed by atoms with Crippen molar-refractivity contribution in [1.82, 2.24) is 4.98 Å². The van der Waals surface area contributed by atoms with Gasteiger partial charge < -0.3 is 5.73 Å². The number of hydrogen-bond acceptors (Lipinski definition) is 4. The summed E-state index contributed by atoms with van der Waals surface area (Å²) in [6, 6.07) is 0.0814. The highest BCUT2D eigenvalue weighted by atomic mass is 32.2. The zero-order valence-electron chi connectivity index (χ0n) is 8.40. The number of rotatable bonds is 3. The number of thioether (sulfide) groups is 1. The molecule has 0 radical (unpaired) electrons. The van der Waals surface area contributed by atoms with Gasteiger partial charge in [-0.3, -0.25) is 0 Å². The molecule has 0 spiro atoms. The summed E-state index contributed by atoms with van der Waals surface area (Å²) >= 11 is 3.83. The third kappa shape index (κ3) is 2.49. The van der Waals surface area contributed by atoms with Crippen molar-refractivity contribution in [2.24, 2.45) is 11.7 Å². The van der Waals surface area contributed by atoms with Crippen molar-refractivity contribution in [3.63, 3.8) is 0 Å². The van der Waals surface area contributed by atoms with Crippen LogP contribution in [0.4, 0.5) is 0 Å². The van der Waals surface area contributed by atoms with Crippen molar-refractivity contribution in [1.29, 1.82) is 0 Å². The molecule has 14 heavy (non-hydrogen) atoms. The highest BCUT2D eigenvalue weighted by Crippen LogP contribution is 2.28. The molecule has 2 rings (SSSR count). The van der Waals surface area contributed by atoms with Gasteiger partial charge >= 0.3 is 0 Å². The minimum atomic E-state index is 0.0814. The van der Waals surface area contributed by atoms with E-state index >= 15 is 0 Å². The largest absolute Gasteiger partial charge is 0.323 e. The Hall–Kier alpha value is -0.0600. The smallest absolute Gasteiger partial charge is 0.0932 e. The molecule has 0 bridgehead atoms. The van der Waals surface area contributed by atoms with Crippen LogP contribution in [0.3, 0.4) is 0 Å². The summed E-state index contributed by atoms with van der Waals surface area (Å²) in [6.07, 6.45) is 2.52. The molecule has 1 aliphatic rings. The van der Waals surface area contributed by atoms with Crippen LogP contribution in [0.2, 0.25) is 0 Å². The first-order chi connectivity index (χ1) is 6.75. The van der Waals surface area contributed by atoms with Crippen molar-refractivity contribution in [2.45, 2.75) is 25.8 Å². The molecule has 2 N–H and O–H groups in total. The lowest BCUT2D eigenvalue weighted by Crippen LogP contribution is -2.06. The lowest BCUT2D eigenvalue weighted by Gasteiger charge is -2.04. The highest BCUT2D eigenvalue weighted by molar-refractivity contribution is 7.99. The van der Waals surface area contributed by atoms with E-state index in [2.05, 4.69) is 22.1 Å². The summed E-state index contributed by atoms with van der Waals surface area (Å²) < 4.78 is 0. The molecule has 2 unspecified atom stereocenters. The van der Waals surface area contributed by atoms with Gasteiger partial charge in [0.1, 0.15) is 0 Å². The van der Waals surface area contributed by atoms with Gasteiger partial charge in [-0.1, -0.05) is 0 Å². The predicted octanol–water partition coefficient (Wildman–Crippen LogP) is 2.46. The van der Waals surface area contributed by atoms with Crippen LogP contribution in [-0.4, -0.2) is 16.5 Å². The van der Waals surface area contributed by atoms with Gasteiger partial charge in [-0.15, -0.1) is 11.3 Å². The van der Waals surface area contributed by atoms with E-state index in [9.17, 15) is 0 Å². The third-order valence-electron chi connectivity index (χ3n) is 2.52. The van der Waals surface area contributed by atoms with Crippen LogP contribution >= 0.6 is 23.1 Å². The van der Waals surface area contributed by atoms with Crippen LogP contribution in [-0.2, 0) is 6.42 Å². The zero-order chi connectivity index (χ0) is 9.97. The number of thiazole rings is 1. The van der Waals surface area contributed by atoms with E-state index in [1.807, 2.05) is 6.92 Å². The molecule has 0 aliphatic carbocycles.